The topological polar surface area (TPSA) is 160 Å². The molecule has 3 atom stereocenters. The molecular formula is C30H28N2O9. The molecule has 0 aliphatic carbocycles. The Hall–Kier alpha value is -5.03. The summed E-state index contributed by atoms with van der Waals surface area (Å²) in [4.78, 5) is 60.6. The van der Waals surface area contributed by atoms with E-state index in [1.54, 1.807) is 12.1 Å². The van der Waals surface area contributed by atoms with E-state index in [2.05, 4.69) is 29.6 Å². The molecule has 2 heterocycles. The summed E-state index contributed by atoms with van der Waals surface area (Å²) in [5, 5.41) is 21.7. The maximum atomic E-state index is 12.0. The van der Waals surface area contributed by atoms with Crippen LogP contribution in [0.5, 0.6) is 0 Å². The monoisotopic (exact) mass is 560 g/mol. The predicted molar refractivity (Wildman–Crippen MR) is 144 cm³/mol. The van der Waals surface area contributed by atoms with Gasteiger partial charge in [-0.15, -0.1) is 0 Å². The van der Waals surface area contributed by atoms with Crippen LogP contribution in [0.3, 0.4) is 0 Å². The number of hydrogen-bond donors (Lipinski definition) is 3. The molecule has 3 aromatic carbocycles. The van der Waals surface area contributed by atoms with Crippen LogP contribution in [0.4, 0.5) is 0 Å². The molecule has 1 fully saturated rings. The Morgan fingerprint density at radius 2 is 1.24 bits per heavy atom. The minimum Gasteiger partial charge on any atom is -0.478 e. The SMILES string of the molecule is O=C(O[C@@H](C(=O)O)[C@@H](OC(=O)c1ccccc1)C(=O)O)c1ccccc1.O=C1CNC[C@H]2c3ccccc3CCN12. The molecule has 1 amide bonds. The number of benzene rings is 3. The third kappa shape index (κ3) is 7.14. The van der Waals surface area contributed by atoms with Crippen molar-refractivity contribution in [2.45, 2.75) is 24.7 Å². The lowest BCUT2D eigenvalue weighted by Crippen LogP contribution is -2.52. The van der Waals surface area contributed by atoms with E-state index in [0.29, 0.717) is 6.54 Å². The summed E-state index contributed by atoms with van der Waals surface area (Å²) in [5.74, 6) is -5.40. The summed E-state index contributed by atoms with van der Waals surface area (Å²) in [6.07, 6.45) is -3.43. The smallest absolute Gasteiger partial charge is 0.349 e. The molecule has 0 unspecified atom stereocenters. The van der Waals surface area contributed by atoms with E-state index in [-0.39, 0.29) is 23.1 Å². The number of aliphatic carboxylic acids is 2. The molecular weight excluding hydrogens is 532 g/mol. The van der Waals surface area contributed by atoms with E-state index in [1.807, 2.05) is 4.90 Å². The van der Waals surface area contributed by atoms with Gasteiger partial charge in [0.1, 0.15) is 0 Å². The molecule has 3 N–H and O–H groups in total. The molecule has 212 valence electrons. The van der Waals surface area contributed by atoms with Crippen molar-refractivity contribution in [3.05, 3.63) is 107 Å². The van der Waals surface area contributed by atoms with Crippen molar-refractivity contribution >= 4 is 29.8 Å². The van der Waals surface area contributed by atoms with Crippen LogP contribution >= 0.6 is 0 Å². The first-order valence-electron chi connectivity index (χ1n) is 12.8. The number of carboxylic acids is 2. The summed E-state index contributed by atoms with van der Waals surface area (Å²) < 4.78 is 9.52. The largest absolute Gasteiger partial charge is 0.478 e. The number of esters is 2. The second kappa shape index (κ2) is 13.4. The fraction of sp³-hybridized carbons (Fsp3) is 0.233. The Bertz CT molecular complexity index is 1340. The number of carbonyl (C=O) groups is 5. The predicted octanol–water partition coefficient (Wildman–Crippen LogP) is 2.32. The highest BCUT2D eigenvalue weighted by Gasteiger charge is 2.41. The zero-order chi connectivity index (χ0) is 29.4. The van der Waals surface area contributed by atoms with Gasteiger partial charge in [-0.25, -0.2) is 19.2 Å². The first kappa shape index (κ1) is 29.0. The van der Waals surface area contributed by atoms with Gasteiger partial charge in [-0.1, -0.05) is 60.7 Å². The van der Waals surface area contributed by atoms with Crippen molar-refractivity contribution in [3.63, 3.8) is 0 Å². The number of amides is 1. The molecule has 0 radical (unpaired) electrons. The second-order valence-electron chi connectivity index (χ2n) is 9.24. The van der Waals surface area contributed by atoms with Crippen LogP contribution in [0.15, 0.2) is 84.9 Å². The van der Waals surface area contributed by atoms with Crippen LogP contribution in [-0.4, -0.2) is 76.7 Å². The van der Waals surface area contributed by atoms with Crippen molar-refractivity contribution in [1.82, 2.24) is 10.2 Å². The lowest BCUT2D eigenvalue weighted by Gasteiger charge is -2.40. The van der Waals surface area contributed by atoms with E-state index < -0.39 is 36.1 Å². The lowest BCUT2D eigenvalue weighted by molar-refractivity contribution is -0.166. The normalized spacial score (nSPS) is 16.9. The van der Waals surface area contributed by atoms with Crippen LogP contribution in [0.25, 0.3) is 0 Å². The number of carbonyl (C=O) groups excluding carboxylic acids is 3. The van der Waals surface area contributed by atoms with Gasteiger partial charge in [-0.05, 0) is 41.8 Å². The van der Waals surface area contributed by atoms with Gasteiger partial charge in [-0.3, -0.25) is 4.79 Å². The van der Waals surface area contributed by atoms with Gasteiger partial charge in [0.25, 0.3) is 0 Å². The first-order valence-corrected chi connectivity index (χ1v) is 12.8. The average molecular weight is 561 g/mol. The van der Waals surface area contributed by atoms with Gasteiger partial charge in [0.05, 0.1) is 23.7 Å². The van der Waals surface area contributed by atoms with E-state index in [0.717, 1.165) is 19.5 Å². The molecule has 41 heavy (non-hydrogen) atoms. The van der Waals surface area contributed by atoms with Crippen molar-refractivity contribution in [1.29, 1.82) is 0 Å². The van der Waals surface area contributed by atoms with Crippen LogP contribution in [0.1, 0.15) is 37.9 Å². The van der Waals surface area contributed by atoms with Crippen LogP contribution in [0, 0.1) is 0 Å². The molecule has 11 nitrogen and oxygen atoms in total. The number of ether oxygens (including phenoxy) is 2. The number of hydrogen-bond acceptors (Lipinski definition) is 8. The molecule has 3 aromatic rings. The van der Waals surface area contributed by atoms with Crippen molar-refractivity contribution in [2.24, 2.45) is 0 Å². The Balaban J connectivity index is 0.000000216. The average Bonchev–Trinajstić information content (AvgIpc) is 2.99. The quantitative estimate of drug-likeness (QED) is 0.366. The fourth-order valence-electron chi connectivity index (χ4n) is 4.59. The molecule has 0 spiro atoms. The number of piperazine rings is 1. The summed E-state index contributed by atoms with van der Waals surface area (Å²) in [5.41, 5.74) is 2.77. The third-order valence-electron chi connectivity index (χ3n) is 6.60. The van der Waals surface area contributed by atoms with Crippen molar-refractivity contribution < 1.29 is 43.7 Å². The maximum Gasteiger partial charge on any atom is 0.349 e. The lowest BCUT2D eigenvalue weighted by atomic mass is 9.91. The number of fused-ring (bicyclic) bond motifs is 3. The second-order valence-corrected chi connectivity index (χ2v) is 9.24. The Morgan fingerprint density at radius 3 is 1.76 bits per heavy atom. The Kier molecular flexibility index (Phi) is 9.43. The van der Waals surface area contributed by atoms with Gasteiger partial charge >= 0.3 is 23.9 Å². The van der Waals surface area contributed by atoms with E-state index in [1.165, 1.54) is 59.7 Å². The highest BCUT2D eigenvalue weighted by Crippen LogP contribution is 2.30. The molecule has 0 bridgehead atoms. The zero-order valence-electron chi connectivity index (χ0n) is 21.8. The van der Waals surface area contributed by atoms with E-state index >= 15 is 0 Å². The molecule has 2 aliphatic heterocycles. The van der Waals surface area contributed by atoms with Gasteiger partial charge in [0.2, 0.25) is 18.1 Å². The standard InChI is InChI=1S/C18H14O8.C12H14N2O/c19-15(20)13(25-17(23)11-7-3-1-4-8-11)14(16(21)22)26-18(24)12-9-5-2-6-10-12;15-12-8-13-7-11-10-4-2-1-3-9(10)5-6-14(11)12/h1-10,13-14H,(H,19,20)(H,21,22);1-4,11,13H,5-8H2/t13-,14-;11-/m10/s1. The molecule has 5 rings (SSSR count). The van der Waals surface area contributed by atoms with Crippen LogP contribution in [-0.2, 0) is 30.3 Å². The third-order valence-corrected chi connectivity index (χ3v) is 6.60. The Labute approximate surface area is 235 Å². The highest BCUT2D eigenvalue weighted by molar-refractivity contribution is 5.95. The van der Waals surface area contributed by atoms with Gasteiger partial charge in [0.15, 0.2) is 0 Å². The van der Waals surface area contributed by atoms with Crippen molar-refractivity contribution in [2.75, 3.05) is 19.6 Å². The summed E-state index contributed by atoms with van der Waals surface area (Å²) in [6, 6.07) is 23.5. The molecule has 0 aromatic heterocycles. The number of carboxylic acid groups (broad SMARTS) is 2. The summed E-state index contributed by atoms with van der Waals surface area (Å²) in [7, 11) is 0. The summed E-state index contributed by atoms with van der Waals surface area (Å²) in [6.45, 7) is 2.27. The van der Waals surface area contributed by atoms with Crippen LogP contribution < -0.4 is 5.32 Å². The first-order chi connectivity index (χ1) is 19.8. The highest BCUT2D eigenvalue weighted by atomic mass is 16.6. The maximum absolute atomic E-state index is 12.0. The van der Waals surface area contributed by atoms with Gasteiger partial charge in [0, 0.05) is 13.1 Å². The van der Waals surface area contributed by atoms with Gasteiger partial charge in [-0.2, -0.15) is 0 Å². The molecule has 1 saturated heterocycles. The molecule has 11 heteroatoms. The van der Waals surface area contributed by atoms with Crippen molar-refractivity contribution in [3.8, 4) is 0 Å². The molecule has 2 aliphatic rings. The number of nitrogens with one attached hydrogen (secondary N) is 1. The number of nitrogens with zero attached hydrogens (tertiary/aromatic N) is 1. The summed E-state index contributed by atoms with van der Waals surface area (Å²) >= 11 is 0. The van der Waals surface area contributed by atoms with E-state index in [4.69, 9.17) is 9.47 Å². The zero-order valence-corrected chi connectivity index (χ0v) is 21.8. The minimum absolute atomic E-state index is 0.0253. The van der Waals surface area contributed by atoms with E-state index in [9.17, 15) is 34.2 Å². The van der Waals surface area contributed by atoms with Crippen LogP contribution in [0.2, 0.25) is 0 Å². The minimum atomic E-state index is -2.21. The Morgan fingerprint density at radius 1 is 0.756 bits per heavy atom. The van der Waals surface area contributed by atoms with Gasteiger partial charge < -0.3 is 29.9 Å². The molecule has 0 saturated carbocycles. The number of rotatable bonds is 7. The fourth-order valence-corrected chi connectivity index (χ4v) is 4.59.